The molecule has 0 atom stereocenters. The third-order valence-electron chi connectivity index (χ3n) is 2.49. The fraction of sp³-hybridized carbons (Fsp3) is 0.625. The van der Waals surface area contributed by atoms with Crippen molar-refractivity contribution < 1.29 is 4.79 Å². The van der Waals surface area contributed by atoms with Gasteiger partial charge in [0.1, 0.15) is 0 Å². The average Bonchev–Trinajstić information content (AvgIpc) is 2.49. The Labute approximate surface area is 81.3 Å². The number of nitrogens with two attached hydrogens (primary N) is 1. The summed E-state index contributed by atoms with van der Waals surface area (Å²) in [5, 5.41) is 8.83. The zero-order chi connectivity index (χ0) is 9.97. The standard InChI is InChI=1S/C8H13N5O/c9-8-11-6(12-13-8)7(14)10-4-5-2-1-3-5/h5H,1-4H2,(H,10,14)(H3,9,11,12,13). The van der Waals surface area contributed by atoms with E-state index in [1.807, 2.05) is 0 Å². The predicted molar refractivity (Wildman–Crippen MR) is 50.5 cm³/mol. The Balaban J connectivity index is 1.82. The van der Waals surface area contributed by atoms with Crippen LogP contribution >= 0.6 is 0 Å². The Bertz CT molecular complexity index is 330. The molecule has 76 valence electrons. The lowest BCUT2D eigenvalue weighted by Crippen LogP contribution is -2.32. The van der Waals surface area contributed by atoms with E-state index in [1.165, 1.54) is 19.3 Å². The van der Waals surface area contributed by atoms with Crippen molar-refractivity contribution in [3.8, 4) is 0 Å². The molecule has 1 fully saturated rings. The van der Waals surface area contributed by atoms with E-state index in [1.54, 1.807) is 0 Å². The second-order valence-corrected chi connectivity index (χ2v) is 3.55. The number of carbonyl (C=O) groups excluding carboxylic acids is 1. The maximum absolute atomic E-state index is 11.4. The van der Waals surface area contributed by atoms with E-state index in [4.69, 9.17) is 5.73 Å². The van der Waals surface area contributed by atoms with Gasteiger partial charge in [-0.1, -0.05) is 6.42 Å². The first-order valence-electron chi connectivity index (χ1n) is 4.72. The van der Waals surface area contributed by atoms with Crippen LogP contribution in [-0.4, -0.2) is 27.6 Å². The number of hydrogen-bond donors (Lipinski definition) is 3. The smallest absolute Gasteiger partial charge is 0.288 e. The first-order valence-corrected chi connectivity index (χ1v) is 4.72. The predicted octanol–water partition coefficient (Wildman–Crippen LogP) is -0.0832. The third-order valence-corrected chi connectivity index (χ3v) is 2.49. The molecule has 1 aliphatic carbocycles. The third kappa shape index (κ3) is 1.84. The lowest BCUT2D eigenvalue weighted by atomic mass is 9.85. The molecule has 0 radical (unpaired) electrons. The number of nitrogens with one attached hydrogen (secondary N) is 2. The number of H-pyrrole nitrogens is 1. The molecule has 1 aliphatic rings. The van der Waals surface area contributed by atoms with E-state index in [0.717, 1.165) is 6.54 Å². The minimum atomic E-state index is -0.235. The van der Waals surface area contributed by atoms with Crippen LogP contribution in [0.2, 0.25) is 0 Å². The van der Waals surface area contributed by atoms with Gasteiger partial charge in [0.25, 0.3) is 5.91 Å². The van der Waals surface area contributed by atoms with Crippen LogP contribution in [0.15, 0.2) is 0 Å². The lowest BCUT2D eigenvalue weighted by molar-refractivity contribution is 0.0929. The van der Waals surface area contributed by atoms with Gasteiger partial charge in [0.2, 0.25) is 11.8 Å². The number of nitrogens with zero attached hydrogens (tertiary/aromatic N) is 2. The highest BCUT2D eigenvalue weighted by atomic mass is 16.2. The zero-order valence-electron chi connectivity index (χ0n) is 7.79. The van der Waals surface area contributed by atoms with Gasteiger partial charge in [0.15, 0.2) is 0 Å². The van der Waals surface area contributed by atoms with Crippen molar-refractivity contribution >= 4 is 11.9 Å². The SMILES string of the molecule is Nc1n[nH]c(C(=O)NCC2CCC2)n1. The largest absolute Gasteiger partial charge is 0.366 e. The highest BCUT2D eigenvalue weighted by Gasteiger charge is 2.19. The number of rotatable bonds is 3. The van der Waals surface area contributed by atoms with Gasteiger partial charge in [-0.3, -0.25) is 9.89 Å². The number of aromatic nitrogens is 3. The van der Waals surface area contributed by atoms with E-state index in [2.05, 4.69) is 20.5 Å². The topological polar surface area (TPSA) is 96.7 Å². The van der Waals surface area contributed by atoms with E-state index < -0.39 is 0 Å². The molecule has 0 unspecified atom stereocenters. The number of aromatic amines is 1. The van der Waals surface area contributed by atoms with Gasteiger partial charge in [-0.2, -0.15) is 4.98 Å². The molecule has 2 rings (SSSR count). The Morgan fingerprint density at radius 1 is 1.64 bits per heavy atom. The van der Waals surface area contributed by atoms with Crippen LogP contribution in [-0.2, 0) is 0 Å². The van der Waals surface area contributed by atoms with Crippen LogP contribution in [0.3, 0.4) is 0 Å². The Kier molecular flexibility index (Phi) is 2.34. The van der Waals surface area contributed by atoms with E-state index in [-0.39, 0.29) is 17.7 Å². The van der Waals surface area contributed by atoms with Crippen LogP contribution in [0, 0.1) is 5.92 Å². The summed E-state index contributed by atoms with van der Waals surface area (Å²) in [6.07, 6.45) is 3.69. The van der Waals surface area contributed by atoms with Crippen molar-refractivity contribution in [1.29, 1.82) is 0 Å². The number of carbonyl (C=O) groups is 1. The maximum Gasteiger partial charge on any atom is 0.288 e. The summed E-state index contributed by atoms with van der Waals surface area (Å²) in [4.78, 5) is 15.1. The molecule has 1 saturated carbocycles. The molecule has 1 aromatic heterocycles. The fourth-order valence-corrected chi connectivity index (χ4v) is 1.39. The second-order valence-electron chi connectivity index (χ2n) is 3.55. The molecule has 4 N–H and O–H groups in total. The lowest BCUT2D eigenvalue weighted by Gasteiger charge is -2.24. The molecule has 0 saturated heterocycles. The maximum atomic E-state index is 11.4. The van der Waals surface area contributed by atoms with Crippen LogP contribution in [0.1, 0.15) is 29.9 Å². The van der Waals surface area contributed by atoms with Gasteiger partial charge in [-0.25, -0.2) is 0 Å². The molecule has 0 bridgehead atoms. The summed E-state index contributed by atoms with van der Waals surface area (Å²) in [6, 6.07) is 0. The number of amides is 1. The highest BCUT2D eigenvalue weighted by Crippen LogP contribution is 2.25. The zero-order valence-corrected chi connectivity index (χ0v) is 7.79. The van der Waals surface area contributed by atoms with Gasteiger partial charge in [-0.15, -0.1) is 5.10 Å². The van der Waals surface area contributed by atoms with Crippen molar-refractivity contribution in [2.75, 3.05) is 12.3 Å². The number of anilines is 1. The first-order chi connectivity index (χ1) is 6.75. The summed E-state index contributed by atoms with van der Waals surface area (Å²) in [5.74, 6) is 0.681. The molecule has 6 heteroatoms. The summed E-state index contributed by atoms with van der Waals surface area (Å²) >= 11 is 0. The molecule has 1 aromatic rings. The van der Waals surface area contributed by atoms with Crippen molar-refractivity contribution in [3.05, 3.63) is 5.82 Å². The van der Waals surface area contributed by atoms with Gasteiger partial charge in [0, 0.05) is 6.54 Å². The fourth-order valence-electron chi connectivity index (χ4n) is 1.39. The van der Waals surface area contributed by atoms with Gasteiger partial charge >= 0.3 is 0 Å². The van der Waals surface area contributed by atoms with Gasteiger partial charge in [0.05, 0.1) is 0 Å². The second kappa shape index (κ2) is 3.65. The van der Waals surface area contributed by atoms with Crippen molar-refractivity contribution in [2.24, 2.45) is 5.92 Å². The molecule has 1 amide bonds. The van der Waals surface area contributed by atoms with Crippen molar-refractivity contribution in [1.82, 2.24) is 20.5 Å². The van der Waals surface area contributed by atoms with Gasteiger partial charge < -0.3 is 11.1 Å². The number of nitrogen functional groups attached to an aromatic ring is 1. The van der Waals surface area contributed by atoms with E-state index in [0.29, 0.717) is 5.92 Å². The van der Waals surface area contributed by atoms with E-state index in [9.17, 15) is 4.79 Å². The molecular weight excluding hydrogens is 182 g/mol. The minimum Gasteiger partial charge on any atom is -0.366 e. The Morgan fingerprint density at radius 3 is 2.93 bits per heavy atom. The normalized spacial score (nSPS) is 16.3. The summed E-state index contributed by atoms with van der Waals surface area (Å²) < 4.78 is 0. The summed E-state index contributed by atoms with van der Waals surface area (Å²) in [5.41, 5.74) is 5.28. The van der Waals surface area contributed by atoms with Crippen LogP contribution in [0.4, 0.5) is 5.95 Å². The first kappa shape index (κ1) is 8.98. The molecule has 1 heterocycles. The molecule has 14 heavy (non-hydrogen) atoms. The Hall–Kier alpha value is -1.59. The number of hydrogen-bond acceptors (Lipinski definition) is 4. The minimum absolute atomic E-state index is 0.0961. The molecular formula is C8H13N5O. The van der Waals surface area contributed by atoms with Crippen molar-refractivity contribution in [3.63, 3.8) is 0 Å². The molecule has 6 nitrogen and oxygen atoms in total. The molecule has 0 spiro atoms. The van der Waals surface area contributed by atoms with Gasteiger partial charge in [-0.05, 0) is 18.8 Å². The highest BCUT2D eigenvalue weighted by molar-refractivity contribution is 5.90. The van der Waals surface area contributed by atoms with Crippen LogP contribution in [0.25, 0.3) is 0 Å². The van der Waals surface area contributed by atoms with Crippen molar-refractivity contribution in [2.45, 2.75) is 19.3 Å². The van der Waals surface area contributed by atoms with E-state index >= 15 is 0 Å². The molecule has 0 aromatic carbocycles. The molecule has 0 aliphatic heterocycles. The Morgan fingerprint density at radius 2 is 2.43 bits per heavy atom. The summed E-state index contributed by atoms with van der Waals surface area (Å²) in [7, 11) is 0. The average molecular weight is 195 g/mol. The summed E-state index contributed by atoms with van der Waals surface area (Å²) in [6.45, 7) is 0.722. The van der Waals surface area contributed by atoms with Crippen LogP contribution < -0.4 is 11.1 Å². The monoisotopic (exact) mass is 195 g/mol. The van der Waals surface area contributed by atoms with Crippen LogP contribution in [0.5, 0.6) is 0 Å². The quantitative estimate of drug-likeness (QED) is 0.628.